The van der Waals surface area contributed by atoms with Crippen molar-refractivity contribution < 1.29 is 23.9 Å². The van der Waals surface area contributed by atoms with Crippen LogP contribution < -0.4 is 16.4 Å². The number of hydrogen-bond acceptors (Lipinski definition) is 6. The maximum Gasteiger partial charge on any atom is 0.330 e. The van der Waals surface area contributed by atoms with Crippen LogP contribution in [0.5, 0.6) is 0 Å². The van der Waals surface area contributed by atoms with Gasteiger partial charge in [0.1, 0.15) is 11.7 Å². The zero-order valence-electron chi connectivity index (χ0n) is 23.2. The lowest BCUT2D eigenvalue weighted by molar-refractivity contribution is -0.137. The number of nitrogens with one attached hydrogen (secondary N) is 3. The zero-order valence-corrected chi connectivity index (χ0v) is 23.2. The van der Waals surface area contributed by atoms with E-state index < -0.39 is 35.8 Å². The van der Waals surface area contributed by atoms with Crippen LogP contribution in [0.15, 0.2) is 91.3 Å². The molecule has 4 rings (SSSR count). The Balaban J connectivity index is 1.54. The molecule has 0 fully saturated rings. The van der Waals surface area contributed by atoms with Crippen LogP contribution in [0.25, 0.3) is 22.0 Å². The summed E-state index contributed by atoms with van der Waals surface area (Å²) in [4.78, 5) is 57.6. The third-order valence-electron chi connectivity index (χ3n) is 6.57. The van der Waals surface area contributed by atoms with Crippen molar-refractivity contribution in [3.05, 3.63) is 103 Å². The lowest BCUT2D eigenvalue weighted by Crippen LogP contribution is -2.50. The molecule has 0 aliphatic carbocycles. The van der Waals surface area contributed by atoms with Crippen LogP contribution >= 0.6 is 0 Å². The first-order valence-electron chi connectivity index (χ1n) is 13.6. The number of primary amides is 1. The Morgan fingerprint density at radius 2 is 1.74 bits per heavy atom. The van der Waals surface area contributed by atoms with E-state index in [2.05, 4.69) is 20.6 Å². The summed E-state index contributed by atoms with van der Waals surface area (Å²) in [7, 11) is 0. The SMILES string of the molecule is CCOC(=O)C=C[C@H](CCC(N)=O)NC(=O)[C@H](Cc1ccccc1)NC(=O)c1ccc(-c2cncc3ccccc23)[nH]1. The summed E-state index contributed by atoms with van der Waals surface area (Å²) in [5, 5.41) is 7.61. The van der Waals surface area contributed by atoms with Gasteiger partial charge in [-0.2, -0.15) is 0 Å². The fourth-order valence-corrected chi connectivity index (χ4v) is 4.49. The predicted molar refractivity (Wildman–Crippen MR) is 159 cm³/mol. The van der Waals surface area contributed by atoms with Gasteiger partial charge in [0.2, 0.25) is 11.8 Å². The van der Waals surface area contributed by atoms with Crippen LogP contribution in [-0.2, 0) is 25.5 Å². The second-order valence-electron chi connectivity index (χ2n) is 9.64. The molecule has 0 spiro atoms. The van der Waals surface area contributed by atoms with Crippen molar-refractivity contribution in [2.24, 2.45) is 5.73 Å². The van der Waals surface area contributed by atoms with Gasteiger partial charge in [0.15, 0.2) is 0 Å². The van der Waals surface area contributed by atoms with Crippen molar-refractivity contribution in [1.82, 2.24) is 20.6 Å². The Morgan fingerprint density at radius 3 is 2.50 bits per heavy atom. The molecule has 42 heavy (non-hydrogen) atoms. The van der Waals surface area contributed by atoms with Crippen LogP contribution in [-0.4, -0.2) is 52.3 Å². The summed E-state index contributed by atoms with van der Waals surface area (Å²) in [6, 6.07) is 18.9. The second-order valence-corrected chi connectivity index (χ2v) is 9.64. The van der Waals surface area contributed by atoms with E-state index in [4.69, 9.17) is 10.5 Å². The molecule has 10 heteroatoms. The Labute approximate surface area is 243 Å². The summed E-state index contributed by atoms with van der Waals surface area (Å²) < 4.78 is 4.91. The first-order chi connectivity index (χ1) is 20.3. The molecule has 0 saturated heterocycles. The monoisotopic (exact) mass is 567 g/mol. The van der Waals surface area contributed by atoms with Crippen LogP contribution in [0.3, 0.4) is 0 Å². The van der Waals surface area contributed by atoms with Gasteiger partial charge in [0, 0.05) is 54.0 Å². The summed E-state index contributed by atoms with van der Waals surface area (Å²) in [5.41, 5.74) is 7.98. The van der Waals surface area contributed by atoms with E-state index in [0.29, 0.717) is 5.69 Å². The largest absolute Gasteiger partial charge is 0.463 e. The number of benzene rings is 2. The standard InChI is InChI=1S/C32H33N5O5/c1-2-42-30(39)17-13-23(12-16-29(33)38)35-32(41)28(18-21-8-4-3-5-9-21)37-31(40)27-15-14-26(36-27)25-20-34-19-22-10-6-7-11-24(22)25/h3-11,13-15,17,19-20,23,28,36H,2,12,16,18H2,1H3,(H2,33,38)(H,35,41)(H,37,40)/t23-,28-/m0/s1. The number of pyridine rings is 1. The Kier molecular flexibility index (Phi) is 10.2. The molecular weight excluding hydrogens is 534 g/mol. The number of carbonyl (C=O) groups is 4. The summed E-state index contributed by atoms with van der Waals surface area (Å²) in [6.45, 7) is 1.88. The summed E-state index contributed by atoms with van der Waals surface area (Å²) in [5.74, 6) is -2.08. The lowest BCUT2D eigenvalue weighted by Gasteiger charge is -2.22. The van der Waals surface area contributed by atoms with Crippen LogP contribution in [0.4, 0.5) is 0 Å². The molecule has 2 heterocycles. The van der Waals surface area contributed by atoms with Gasteiger partial charge >= 0.3 is 5.97 Å². The minimum atomic E-state index is -0.960. The molecule has 0 saturated carbocycles. The van der Waals surface area contributed by atoms with E-state index in [1.54, 1.807) is 31.5 Å². The first kappa shape index (κ1) is 29.7. The van der Waals surface area contributed by atoms with Gasteiger partial charge in [0.25, 0.3) is 5.91 Å². The number of aromatic amines is 1. The number of hydrogen-bond donors (Lipinski definition) is 4. The number of aromatic nitrogens is 2. The van der Waals surface area contributed by atoms with Crippen molar-refractivity contribution in [3.8, 4) is 11.3 Å². The molecule has 0 aliphatic heterocycles. The number of H-pyrrole nitrogens is 1. The molecule has 2 aromatic carbocycles. The normalized spacial score (nSPS) is 12.5. The molecule has 216 valence electrons. The molecule has 0 aliphatic rings. The molecule has 5 N–H and O–H groups in total. The lowest BCUT2D eigenvalue weighted by atomic mass is 10.0. The topological polar surface area (TPSA) is 156 Å². The average molecular weight is 568 g/mol. The maximum absolute atomic E-state index is 13.5. The molecule has 0 bridgehead atoms. The first-order valence-corrected chi connectivity index (χ1v) is 13.6. The van der Waals surface area contributed by atoms with Gasteiger partial charge in [-0.15, -0.1) is 0 Å². The van der Waals surface area contributed by atoms with Crippen LogP contribution in [0.1, 0.15) is 35.8 Å². The van der Waals surface area contributed by atoms with E-state index in [-0.39, 0.29) is 31.6 Å². The number of ether oxygens (including phenoxy) is 1. The molecular formula is C32H33N5O5. The number of amides is 3. The second kappa shape index (κ2) is 14.4. The van der Waals surface area contributed by atoms with E-state index >= 15 is 0 Å². The van der Waals surface area contributed by atoms with Crippen molar-refractivity contribution in [2.75, 3.05) is 6.61 Å². The smallest absolute Gasteiger partial charge is 0.330 e. The zero-order chi connectivity index (χ0) is 29.9. The van der Waals surface area contributed by atoms with E-state index in [1.807, 2.05) is 54.6 Å². The van der Waals surface area contributed by atoms with Gasteiger partial charge in [-0.25, -0.2) is 4.79 Å². The summed E-state index contributed by atoms with van der Waals surface area (Å²) in [6.07, 6.45) is 6.53. The highest BCUT2D eigenvalue weighted by atomic mass is 16.5. The molecule has 2 atom stereocenters. The minimum Gasteiger partial charge on any atom is -0.463 e. The Morgan fingerprint density at radius 1 is 0.976 bits per heavy atom. The van der Waals surface area contributed by atoms with Gasteiger partial charge in [-0.3, -0.25) is 19.4 Å². The van der Waals surface area contributed by atoms with Gasteiger partial charge in [0.05, 0.1) is 6.61 Å². The molecule has 2 aromatic heterocycles. The van der Waals surface area contributed by atoms with Gasteiger partial charge < -0.3 is 26.1 Å². The van der Waals surface area contributed by atoms with Crippen molar-refractivity contribution in [2.45, 2.75) is 38.3 Å². The highest BCUT2D eigenvalue weighted by molar-refractivity contribution is 5.99. The predicted octanol–water partition coefficient (Wildman–Crippen LogP) is 3.44. The third-order valence-corrected chi connectivity index (χ3v) is 6.57. The summed E-state index contributed by atoms with van der Waals surface area (Å²) >= 11 is 0. The van der Waals surface area contributed by atoms with Gasteiger partial charge in [-0.05, 0) is 36.4 Å². The number of nitrogens with two attached hydrogens (primary N) is 1. The average Bonchev–Trinajstić information content (AvgIpc) is 3.49. The minimum absolute atomic E-state index is 0.0118. The van der Waals surface area contributed by atoms with Crippen LogP contribution in [0.2, 0.25) is 0 Å². The number of esters is 1. The van der Waals surface area contributed by atoms with E-state index in [0.717, 1.165) is 21.9 Å². The fourth-order valence-electron chi connectivity index (χ4n) is 4.49. The Hall–Kier alpha value is -5.25. The molecule has 4 aromatic rings. The van der Waals surface area contributed by atoms with Crippen molar-refractivity contribution in [3.63, 3.8) is 0 Å². The maximum atomic E-state index is 13.5. The molecule has 3 amide bonds. The van der Waals surface area contributed by atoms with Crippen molar-refractivity contribution in [1.29, 1.82) is 0 Å². The number of rotatable bonds is 13. The highest BCUT2D eigenvalue weighted by Crippen LogP contribution is 2.27. The molecule has 0 unspecified atom stereocenters. The fraction of sp³-hybridized carbons (Fsp3) is 0.219. The molecule has 0 radical (unpaired) electrons. The quantitative estimate of drug-likeness (QED) is 0.143. The van der Waals surface area contributed by atoms with E-state index in [1.165, 1.54) is 12.2 Å². The molecule has 10 nitrogen and oxygen atoms in total. The Bertz CT molecular complexity index is 1580. The number of nitrogens with zero attached hydrogens (tertiary/aromatic N) is 1. The van der Waals surface area contributed by atoms with Gasteiger partial charge in [-0.1, -0.05) is 60.7 Å². The van der Waals surface area contributed by atoms with Crippen molar-refractivity contribution >= 4 is 34.5 Å². The highest BCUT2D eigenvalue weighted by Gasteiger charge is 2.25. The third kappa shape index (κ3) is 8.14. The van der Waals surface area contributed by atoms with E-state index in [9.17, 15) is 19.2 Å². The van der Waals surface area contributed by atoms with Crippen LogP contribution in [0, 0.1) is 0 Å². The number of fused-ring (bicyclic) bond motifs is 1. The number of carbonyl (C=O) groups excluding carboxylic acids is 4.